The first-order valence-electron chi connectivity index (χ1n) is 5.37. The van der Waals surface area contributed by atoms with Crippen LogP contribution in [0.15, 0.2) is 0 Å². The Morgan fingerprint density at radius 1 is 1.07 bits per heavy atom. The molecular weight excluding hydrogens is 194 g/mol. The third kappa shape index (κ3) is 1.97. The van der Waals surface area contributed by atoms with Gasteiger partial charge in [0.15, 0.2) is 0 Å². The van der Waals surface area contributed by atoms with E-state index in [1.165, 1.54) is 0 Å². The van der Waals surface area contributed by atoms with Crippen molar-refractivity contribution in [3.63, 3.8) is 0 Å². The van der Waals surface area contributed by atoms with Crippen molar-refractivity contribution in [3.8, 4) is 0 Å². The Morgan fingerprint density at radius 3 is 1.93 bits per heavy atom. The number of nitrogens with zero attached hydrogens (tertiary/aromatic N) is 2. The quantitative estimate of drug-likeness (QED) is 0.615. The Morgan fingerprint density at radius 2 is 1.53 bits per heavy atom. The normalized spacial score (nSPS) is 23.9. The summed E-state index contributed by atoms with van der Waals surface area (Å²) in [6.45, 7) is 4.08. The van der Waals surface area contributed by atoms with Crippen LogP contribution in [0.2, 0.25) is 0 Å². The van der Waals surface area contributed by atoms with Crippen molar-refractivity contribution >= 4 is 11.8 Å². The largest absolute Gasteiger partial charge is 0.339 e. The Balaban J connectivity index is 1.88. The maximum Gasteiger partial charge on any atom is 0.242 e. The number of piperazine rings is 1. The molecule has 1 saturated carbocycles. The molecule has 2 rings (SSSR count). The van der Waals surface area contributed by atoms with Gasteiger partial charge >= 0.3 is 0 Å². The molecule has 0 radical (unpaired) electrons. The van der Waals surface area contributed by atoms with Crippen LogP contribution in [-0.4, -0.2) is 53.3 Å². The molecule has 0 aromatic rings. The van der Waals surface area contributed by atoms with E-state index in [0.29, 0.717) is 26.2 Å². The predicted molar refractivity (Wildman–Crippen MR) is 55.0 cm³/mol. The zero-order valence-electron chi connectivity index (χ0n) is 9.03. The summed E-state index contributed by atoms with van der Waals surface area (Å²) in [4.78, 5) is 26.5. The van der Waals surface area contributed by atoms with Gasteiger partial charge in [0.2, 0.25) is 11.8 Å². The number of amides is 2. The molecule has 0 aromatic heterocycles. The Bertz CT molecular complexity index is 291. The zero-order valence-corrected chi connectivity index (χ0v) is 9.03. The second kappa shape index (κ2) is 3.48. The lowest BCUT2D eigenvalue weighted by Crippen LogP contribution is -2.54. The van der Waals surface area contributed by atoms with E-state index in [1.54, 1.807) is 16.7 Å². The molecule has 2 aliphatic rings. The number of hydrogen-bond donors (Lipinski definition) is 1. The van der Waals surface area contributed by atoms with Gasteiger partial charge in [-0.2, -0.15) is 0 Å². The summed E-state index contributed by atoms with van der Waals surface area (Å²) >= 11 is 0. The molecule has 1 aliphatic carbocycles. The molecule has 0 spiro atoms. The molecular formula is C10H17N3O2. The Kier molecular flexibility index (Phi) is 2.42. The van der Waals surface area contributed by atoms with E-state index >= 15 is 0 Å². The molecule has 5 nitrogen and oxygen atoms in total. The van der Waals surface area contributed by atoms with Gasteiger partial charge in [0.05, 0.1) is 5.54 Å². The summed E-state index contributed by atoms with van der Waals surface area (Å²) in [5, 5.41) is 0. The molecule has 2 N–H and O–H groups in total. The van der Waals surface area contributed by atoms with Gasteiger partial charge in [-0.15, -0.1) is 0 Å². The van der Waals surface area contributed by atoms with Crippen LogP contribution in [0.4, 0.5) is 0 Å². The number of rotatable bonds is 1. The highest BCUT2D eigenvalue weighted by atomic mass is 16.2. The van der Waals surface area contributed by atoms with Crippen LogP contribution in [0.1, 0.15) is 19.8 Å². The Hall–Kier alpha value is -1.10. The van der Waals surface area contributed by atoms with Gasteiger partial charge in [0.25, 0.3) is 0 Å². The molecule has 1 aliphatic heterocycles. The predicted octanol–water partition coefficient (Wildman–Crippen LogP) is -0.832. The van der Waals surface area contributed by atoms with Crippen molar-refractivity contribution in [1.82, 2.24) is 9.80 Å². The van der Waals surface area contributed by atoms with Crippen molar-refractivity contribution in [2.45, 2.75) is 25.3 Å². The number of hydrogen-bond acceptors (Lipinski definition) is 3. The zero-order chi connectivity index (χ0) is 11.1. The maximum atomic E-state index is 11.9. The average molecular weight is 211 g/mol. The van der Waals surface area contributed by atoms with Gasteiger partial charge in [0, 0.05) is 33.1 Å². The Labute approximate surface area is 89.2 Å². The van der Waals surface area contributed by atoms with Crippen LogP contribution < -0.4 is 5.73 Å². The van der Waals surface area contributed by atoms with Crippen LogP contribution in [0, 0.1) is 0 Å². The van der Waals surface area contributed by atoms with E-state index in [2.05, 4.69) is 0 Å². The summed E-state index contributed by atoms with van der Waals surface area (Å²) < 4.78 is 0. The van der Waals surface area contributed by atoms with E-state index < -0.39 is 5.54 Å². The number of nitrogens with two attached hydrogens (primary N) is 1. The lowest BCUT2D eigenvalue weighted by molar-refractivity contribution is -0.139. The minimum Gasteiger partial charge on any atom is -0.339 e. The minimum absolute atomic E-state index is 0.0608. The molecule has 0 atom stereocenters. The standard InChI is InChI=1S/C10H17N3O2/c1-8(14)12-4-6-13(7-5-12)9(15)10(11)2-3-10/h2-7,11H2,1H3. The van der Waals surface area contributed by atoms with Crippen molar-refractivity contribution in [1.29, 1.82) is 0 Å². The van der Waals surface area contributed by atoms with Crippen LogP contribution >= 0.6 is 0 Å². The van der Waals surface area contributed by atoms with Gasteiger partial charge in [0.1, 0.15) is 0 Å². The van der Waals surface area contributed by atoms with Crippen LogP contribution in [-0.2, 0) is 9.59 Å². The topological polar surface area (TPSA) is 66.6 Å². The number of carbonyl (C=O) groups is 2. The second-order valence-corrected chi connectivity index (χ2v) is 4.45. The van der Waals surface area contributed by atoms with Crippen LogP contribution in [0.5, 0.6) is 0 Å². The first-order chi connectivity index (χ1) is 7.03. The lowest BCUT2D eigenvalue weighted by Gasteiger charge is -2.35. The third-order valence-corrected chi connectivity index (χ3v) is 3.23. The molecule has 5 heteroatoms. The van der Waals surface area contributed by atoms with Gasteiger partial charge in [-0.25, -0.2) is 0 Å². The van der Waals surface area contributed by atoms with E-state index in [0.717, 1.165) is 12.8 Å². The molecule has 0 aromatic carbocycles. The molecule has 0 unspecified atom stereocenters. The fourth-order valence-electron chi connectivity index (χ4n) is 1.89. The van der Waals surface area contributed by atoms with Crippen molar-refractivity contribution in [3.05, 3.63) is 0 Å². The van der Waals surface area contributed by atoms with Gasteiger partial charge < -0.3 is 15.5 Å². The van der Waals surface area contributed by atoms with Gasteiger partial charge in [-0.05, 0) is 12.8 Å². The first kappa shape index (κ1) is 10.4. The lowest BCUT2D eigenvalue weighted by atomic mass is 10.2. The molecule has 0 bridgehead atoms. The molecule has 1 heterocycles. The summed E-state index contributed by atoms with van der Waals surface area (Å²) in [6, 6.07) is 0. The second-order valence-electron chi connectivity index (χ2n) is 4.45. The maximum absolute atomic E-state index is 11.9. The average Bonchev–Trinajstić information content (AvgIpc) is 2.97. The van der Waals surface area contributed by atoms with E-state index in [4.69, 9.17) is 5.73 Å². The molecule has 2 fully saturated rings. The summed E-state index contributed by atoms with van der Waals surface area (Å²) in [5.74, 6) is 0.140. The van der Waals surface area contributed by atoms with Crippen molar-refractivity contribution < 1.29 is 9.59 Å². The molecule has 84 valence electrons. The highest BCUT2D eigenvalue weighted by molar-refractivity contribution is 5.89. The minimum atomic E-state index is -0.571. The monoisotopic (exact) mass is 211 g/mol. The SMILES string of the molecule is CC(=O)N1CCN(C(=O)C2(N)CC2)CC1. The van der Waals surface area contributed by atoms with Crippen molar-refractivity contribution in [2.24, 2.45) is 5.73 Å². The van der Waals surface area contributed by atoms with E-state index in [-0.39, 0.29) is 11.8 Å². The third-order valence-electron chi connectivity index (χ3n) is 3.23. The molecule has 15 heavy (non-hydrogen) atoms. The van der Waals surface area contributed by atoms with Gasteiger partial charge in [-0.3, -0.25) is 9.59 Å². The molecule has 2 amide bonds. The summed E-state index contributed by atoms with van der Waals surface area (Å²) in [7, 11) is 0. The van der Waals surface area contributed by atoms with Crippen LogP contribution in [0.3, 0.4) is 0 Å². The molecule has 1 saturated heterocycles. The van der Waals surface area contributed by atoms with E-state index in [1.807, 2.05) is 0 Å². The fraction of sp³-hybridized carbons (Fsp3) is 0.800. The summed E-state index contributed by atoms with van der Waals surface area (Å²) in [5.41, 5.74) is 5.27. The van der Waals surface area contributed by atoms with Crippen molar-refractivity contribution in [2.75, 3.05) is 26.2 Å². The highest BCUT2D eigenvalue weighted by Crippen LogP contribution is 2.34. The number of carbonyl (C=O) groups excluding carboxylic acids is 2. The summed E-state index contributed by atoms with van der Waals surface area (Å²) in [6.07, 6.45) is 1.61. The first-order valence-corrected chi connectivity index (χ1v) is 5.37. The van der Waals surface area contributed by atoms with Gasteiger partial charge in [-0.1, -0.05) is 0 Å². The van der Waals surface area contributed by atoms with Crippen LogP contribution in [0.25, 0.3) is 0 Å². The smallest absolute Gasteiger partial charge is 0.242 e. The highest BCUT2D eigenvalue weighted by Gasteiger charge is 2.48. The fourth-order valence-corrected chi connectivity index (χ4v) is 1.89. The van der Waals surface area contributed by atoms with E-state index in [9.17, 15) is 9.59 Å².